The molecule has 0 radical (unpaired) electrons. The number of carbonyl (C=O) groups is 1. The molecule has 29 heavy (non-hydrogen) atoms. The van der Waals surface area contributed by atoms with E-state index in [9.17, 15) is 13.2 Å². The van der Waals surface area contributed by atoms with Crippen LogP contribution < -0.4 is 14.9 Å². The summed E-state index contributed by atoms with van der Waals surface area (Å²) in [6.07, 6.45) is 6.94. The van der Waals surface area contributed by atoms with E-state index in [1.165, 1.54) is 25.3 Å². The summed E-state index contributed by atoms with van der Waals surface area (Å²) in [6, 6.07) is 12.9. The number of hydrogen-bond donors (Lipinski definition) is 2. The van der Waals surface area contributed by atoms with Gasteiger partial charge in [0.15, 0.2) is 0 Å². The number of hydrogen-bond acceptors (Lipinski definition) is 5. The molecule has 154 valence electrons. The van der Waals surface area contributed by atoms with Crippen LogP contribution in [0.25, 0.3) is 6.08 Å². The lowest BCUT2D eigenvalue weighted by molar-refractivity contribution is -0.116. The Balaban J connectivity index is 1.43. The monoisotopic (exact) mass is 414 g/mol. The molecule has 2 heterocycles. The normalized spacial score (nSPS) is 14.8. The second-order valence-electron chi connectivity index (χ2n) is 6.90. The van der Waals surface area contributed by atoms with Crippen molar-refractivity contribution in [2.45, 2.75) is 25.7 Å². The fourth-order valence-electron chi connectivity index (χ4n) is 3.09. The number of pyridine rings is 1. The molecule has 7 nitrogen and oxygen atoms in total. The first-order valence-electron chi connectivity index (χ1n) is 9.75. The highest BCUT2D eigenvalue weighted by Crippen LogP contribution is 2.19. The van der Waals surface area contributed by atoms with Crippen LogP contribution in [0.2, 0.25) is 0 Å². The molecule has 0 saturated carbocycles. The van der Waals surface area contributed by atoms with Gasteiger partial charge in [0.05, 0.1) is 11.9 Å². The Morgan fingerprint density at radius 3 is 2.52 bits per heavy atom. The van der Waals surface area contributed by atoms with Gasteiger partial charge in [0.1, 0.15) is 5.82 Å². The van der Waals surface area contributed by atoms with Crippen molar-refractivity contribution in [1.82, 2.24) is 9.71 Å². The standard InChI is InChI=1S/C21H26N4O3S/c26-21(11-13-23-29(27,28)16-12-18-7-3-1-4-8-18)24-20-10-9-19(17-22-20)25-14-5-2-6-15-25/h1,3-4,7-10,12,16-17,23H,2,5-6,11,13-15H2,(H,22,24,26)/b16-12+. The number of piperidine rings is 1. The maximum atomic E-state index is 12.0. The van der Waals surface area contributed by atoms with Crippen LogP contribution in [-0.2, 0) is 14.8 Å². The van der Waals surface area contributed by atoms with Gasteiger partial charge in [-0.3, -0.25) is 4.79 Å². The van der Waals surface area contributed by atoms with Crippen LogP contribution in [0, 0.1) is 0 Å². The Morgan fingerprint density at radius 1 is 1.07 bits per heavy atom. The number of sulfonamides is 1. The Hall–Kier alpha value is -2.71. The van der Waals surface area contributed by atoms with E-state index in [1.807, 2.05) is 36.4 Å². The van der Waals surface area contributed by atoms with E-state index in [0.29, 0.717) is 5.82 Å². The quantitative estimate of drug-likeness (QED) is 0.693. The SMILES string of the molecule is O=C(CCNS(=O)(=O)/C=C/c1ccccc1)Nc1ccc(N2CCCCC2)cn1. The molecule has 2 aromatic rings. The zero-order chi connectivity index (χ0) is 20.5. The lowest BCUT2D eigenvalue weighted by Gasteiger charge is -2.28. The van der Waals surface area contributed by atoms with Gasteiger partial charge in [-0.05, 0) is 43.0 Å². The molecule has 1 fully saturated rings. The highest BCUT2D eigenvalue weighted by atomic mass is 32.2. The van der Waals surface area contributed by atoms with Crippen LogP contribution in [0.1, 0.15) is 31.2 Å². The van der Waals surface area contributed by atoms with Gasteiger partial charge in [-0.15, -0.1) is 0 Å². The van der Waals surface area contributed by atoms with E-state index in [4.69, 9.17) is 0 Å². The molecule has 0 bridgehead atoms. The molecule has 1 aromatic heterocycles. The molecule has 0 atom stereocenters. The maximum Gasteiger partial charge on any atom is 0.233 e. The van der Waals surface area contributed by atoms with Crippen LogP contribution in [0.4, 0.5) is 11.5 Å². The number of anilines is 2. The van der Waals surface area contributed by atoms with Crippen molar-refractivity contribution in [3.8, 4) is 0 Å². The Morgan fingerprint density at radius 2 is 1.83 bits per heavy atom. The molecular weight excluding hydrogens is 388 g/mol. The lowest BCUT2D eigenvalue weighted by Crippen LogP contribution is -2.29. The number of nitrogens with zero attached hydrogens (tertiary/aromatic N) is 2. The molecule has 0 spiro atoms. The highest BCUT2D eigenvalue weighted by molar-refractivity contribution is 7.92. The van der Waals surface area contributed by atoms with Gasteiger partial charge >= 0.3 is 0 Å². The summed E-state index contributed by atoms with van der Waals surface area (Å²) in [4.78, 5) is 18.6. The Labute approximate surface area is 171 Å². The first-order chi connectivity index (χ1) is 14.0. The molecule has 0 unspecified atom stereocenters. The molecule has 8 heteroatoms. The molecule has 1 aliphatic rings. The van der Waals surface area contributed by atoms with Crippen LogP contribution in [0.15, 0.2) is 54.1 Å². The summed E-state index contributed by atoms with van der Waals surface area (Å²) in [5, 5.41) is 3.79. The average molecular weight is 415 g/mol. The van der Waals surface area contributed by atoms with Crippen molar-refractivity contribution in [3.05, 3.63) is 59.6 Å². The smallest absolute Gasteiger partial charge is 0.233 e. The summed E-state index contributed by atoms with van der Waals surface area (Å²) in [7, 11) is -3.60. The number of carbonyl (C=O) groups excluding carboxylic acids is 1. The van der Waals surface area contributed by atoms with Crippen LogP contribution >= 0.6 is 0 Å². The minimum atomic E-state index is -3.60. The number of aromatic nitrogens is 1. The van der Waals surface area contributed by atoms with Gasteiger partial charge in [-0.1, -0.05) is 30.3 Å². The van der Waals surface area contributed by atoms with E-state index in [1.54, 1.807) is 12.3 Å². The second kappa shape index (κ2) is 10.2. The topological polar surface area (TPSA) is 91.4 Å². The first-order valence-corrected chi connectivity index (χ1v) is 11.3. The Bertz CT molecular complexity index is 922. The van der Waals surface area contributed by atoms with Gasteiger partial charge in [0.2, 0.25) is 15.9 Å². The summed E-state index contributed by atoms with van der Waals surface area (Å²) in [5.74, 6) is 0.167. The van der Waals surface area contributed by atoms with E-state index in [-0.39, 0.29) is 18.9 Å². The highest BCUT2D eigenvalue weighted by Gasteiger charge is 2.12. The first kappa shape index (κ1) is 21.0. The predicted molar refractivity (Wildman–Crippen MR) is 116 cm³/mol. The zero-order valence-corrected chi connectivity index (χ0v) is 17.1. The number of nitrogens with one attached hydrogen (secondary N) is 2. The second-order valence-corrected chi connectivity index (χ2v) is 8.55. The minimum absolute atomic E-state index is 0.0131. The predicted octanol–water partition coefficient (Wildman–Crippen LogP) is 2.99. The third-order valence-corrected chi connectivity index (χ3v) is 5.73. The third kappa shape index (κ3) is 6.99. The summed E-state index contributed by atoms with van der Waals surface area (Å²) in [5.41, 5.74) is 1.84. The molecule has 1 saturated heterocycles. The van der Waals surface area contributed by atoms with Crippen molar-refractivity contribution in [2.24, 2.45) is 0 Å². The lowest BCUT2D eigenvalue weighted by atomic mass is 10.1. The van der Waals surface area contributed by atoms with Crippen LogP contribution in [-0.4, -0.2) is 38.9 Å². The summed E-state index contributed by atoms with van der Waals surface area (Å²) >= 11 is 0. The van der Waals surface area contributed by atoms with E-state index in [0.717, 1.165) is 29.7 Å². The minimum Gasteiger partial charge on any atom is -0.370 e. The van der Waals surface area contributed by atoms with Crippen LogP contribution in [0.5, 0.6) is 0 Å². The zero-order valence-electron chi connectivity index (χ0n) is 16.3. The fraction of sp³-hybridized carbons (Fsp3) is 0.333. The van der Waals surface area contributed by atoms with Crippen molar-refractivity contribution >= 4 is 33.5 Å². The molecule has 1 aromatic carbocycles. The van der Waals surface area contributed by atoms with Crippen molar-refractivity contribution in [1.29, 1.82) is 0 Å². The fourth-order valence-corrected chi connectivity index (χ4v) is 3.91. The van der Waals surface area contributed by atoms with E-state index >= 15 is 0 Å². The Kier molecular flexibility index (Phi) is 7.37. The molecule has 1 aliphatic heterocycles. The molecule has 2 N–H and O–H groups in total. The largest absolute Gasteiger partial charge is 0.370 e. The van der Waals surface area contributed by atoms with Crippen LogP contribution in [0.3, 0.4) is 0 Å². The summed E-state index contributed by atoms with van der Waals surface area (Å²) < 4.78 is 26.4. The molecular formula is C21H26N4O3S. The maximum absolute atomic E-state index is 12.0. The number of rotatable bonds is 8. The van der Waals surface area contributed by atoms with Gasteiger partial charge < -0.3 is 10.2 Å². The van der Waals surface area contributed by atoms with E-state index < -0.39 is 10.0 Å². The molecule has 0 aliphatic carbocycles. The van der Waals surface area contributed by atoms with Crippen molar-refractivity contribution < 1.29 is 13.2 Å². The van der Waals surface area contributed by atoms with Gasteiger partial charge in [0.25, 0.3) is 0 Å². The third-order valence-electron chi connectivity index (χ3n) is 4.63. The number of benzene rings is 1. The van der Waals surface area contributed by atoms with E-state index in [2.05, 4.69) is 19.9 Å². The van der Waals surface area contributed by atoms with Gasteiger partial charge in [-0.25, -0.2) is 18.1 Å². The van der Waals surface area contributed by atoms with Gasteiger partial charge in [-0.2, -0.15) is 0 Å². The molecule has 1 amide bonds. The average Bonchev–Trinajstić information content (AvgIpc) is 2.74. The molecule has 3 rings (SSSR count). The summed E-state index contributed by atoms with van der Waals surface area (Å²) in [6.45, 7) is 2.08. The van der Waals surface area contributed by atoms with Crippen molar-refractivity contribution in [3.63, 3.8) is 0 Å². The number of amides is 1. The van der Waals surface area contributed by atoms with Gasteiger partial charge in [0, 0.05) is 31.5 Å². The van der Waals surface area contributed by atoms with Crippen molar-refractivity contribution in [2.75, 3.05) is 29.9 Å².